The second-order valence-corrected chi connectivity index (χ2v) is 4.97. The van der Waals surface area contributed by atoms with Crippen molar-refractivity contribution in [3.05, 3.63) is 35.4 Å². The lowest BCUT2D eigenvalue weighted by atomic mass is 9.90. The molecule has 2 rings (SSSR count). The van der Waals surface area contributed by atoms with Crippen molar-refractivity contribution in [3.8, 4) is 0 Å². The monoisotopic (exact) mass is 250 g/mol. The van der Waals surface area contributed by atoms with E-state index in [9.17, 15) is 4.79 Å². The third kappa shape index (κ3) is 2.89. The number of hydrogen-bond donors (Lipinski definition) is 0. The first-order valence-electron chi connectivity index (χ1n) is 5.96. The van der Waals surface area contributed by atoms with E-state index >= 15 is 0 Å². The Morgan fingerprint density at radius 1 is 1.39 bits per heavy atom. The van der Waals surface area contributed by atoms with E-state index in [1.54, 1.807) is 13.2 Å². The highest BCUT2D eigenvalue weighted by atomic mass is 16.5. The van der Waals surface area contributed by atoms with Gasteiger partial charge in [-0.1, -0.05) is 25.1 Å². The highest BCUT2D eigenvalue weighted by Crippen LogP contribution is 2.27. The molecule has 0 atom stereocenters. The fourth-order valence-electron chi connectivity index (χ4n) is 1.85. The topological polar surface area (TPSA) is 44.8 Å². The van der Waals surface area contributed by atoms with Gasteiger partial charge < -0.3 is 14.2 Å². The molecule has 1 fully saturated rings. The molecular weight excluding hydrogens is 232 g/mol. The largest absolute Gasteiger partial charge is 0.461 e. The number of ether oxygens (including phenoxy) is 3. The van der Waals surface area contributed by atoms with Gasteiger partial charge in [-0.05, 0) is 11.6 Å². The molecule has 98 valence electrons. The molecule has 0 spiro atoms. The average Bonchev–Trinajstić information content (AvgIpc) is 2.35. The number of hydrogen-bond acceptors (Lipinski definition) is 4. The van der Waals surface area contributed by atoms with E-state index < -0.39 is 0 Å². The molecule has 18 heavy (non-hydrogen) atoms. The van der Waals surface area contributed by atoms with Gasteiger partial charge in [-0.2, -0.15) is 0 Å². The molecule has 1 heterocycles. The quantitative estimate of drug-likeness (QED) is 0.750. The maximum atomic E-state index is 12.0. The summed E-state index contributed by atoms with van der Waals surface area (Å²) >= 11 is 0. The lowest BCUT2D eigenvalue weighted by Gasteiger charge is -2.37. The number of esters is 1. The van der Waals surface area contributed by atoms with Gasteiger partial charge in [0, 0.05) is 12.5 Å². The Bertz CT molecular complexity index is 424. The van der Waals surface area contributed by atoms with Crippen LogP contribution >= 0.6 is 0 Å². The van der Waals surface area contributed by atoms with Gasteiger partial charge in [-0.3, -0.25) is 0 Å². The smallest absolute Gasteiger partial charge is 0.338 e. The third-order valence-electron chi connectivity index (χ3n) is 2.99. The van der Waals surface area contributed by atoms with Crippen molar-refractivity contribution in [1.29, 1.82) is 0 Å². The van der Waals surface area contributed by atoms with Crippen LogP contribution in [0.25, 0.3) is 0 Å². The van der Waals surface area contributed by atoms with Crippen LogP contribution < -0.4 is 0 Å². The lowest BCUT2D eigenvalue weighted by Crippen LogP contribution is -2.44. The van der Waals surface area contributed by atoms with Gasteiger partial charge >= 0.3 is 5.97 Å². The summed E-state index contributed by atoms with van der Waals surface area (Å²) in [6.07, 6.45) is 0. The summed E-state index contributed by atoms with van der Waals surface area (Å²) in [4.78, 5) is 12.0. The van der Waals surface area contributed by atoms with Gasteiger partial charge in [-0.25, -0.2) is 4.79 Å². The Kier molecular flexibility index (Phi) is 3.99. The van der Waals surface area contributed by atoms with Gasteiger partial charge in [0.15, 0.2) is 0 Å². The molecule has 1 aromatic carbocycles. The Morgan fingerprint density at radius 3 is 2.72 bits per heavy atom. The molecule has 1 aromatic rings. The molecule has 4 nitrogen and oxygen atoms in total. The van der Waals surface area contributed by atoms with E-state index in [0.717, 1.165) is 5.56 Å². The van der Waals surface area contributed by atoms with Crippen molar-refractivity contribution in [1.82, 2.24) is 0 Å². The summed E-state index contributed by atoms with van der Waals surface area (Å²) in [5.41, 5.74) is 1.40. The van der Waals surface area contributed by atoms with Crippen molar-refractivity contribution in [2.24, 2.45) is 5.41 Å². The maximum Gasteiger partial charge on any atom is 0.338 e. The van der Waals surface area contributed by atoms with E-state index in [1.807, 2.05) is 25.1 Å². The Balaban J connectivity index is 1.99. The second-order valence-electron chi connectivity index (χ2n) is 4.97. The van der Waals surface area contributed by atoms with E-state index in [4.69, 9.17) is 14.2 Å². The highest BCUT2D eigenvalue weighted by Gasteiger charge is 2.35. The van der Waals surface area contributed by atoms with Crippen molar-refractivity contribution in [2.75, 3.05) is 26.9 Å². The van der Waals surface area contributed by atoms with Crippen LogP contribution in [0.15, 0.2) is 24.3 Å². The van der Waals surface area contributed by atoms with Crippen molar-refractivity contribution in [2.45, 2.75) is 13.5 Å². The summed E-state index contributed by atoms with van der Waals surface area (Å²) < 4.78 is 15.5. The van der Waals surface area contributed by atoms with Crippen LogP contribution in [0.1, 0.15) is 22.8 Å². The normalized spacial score (nSPS) is 17.0. The minimum absolute atomic E-state index is 0.0220. The van der Waals surface area contributed by atoms with Gasteiger partial charge in [0.1, 0.15) is 6.61 Å². The first-order valence-corrected chi connectivity index (χ1v) is 5.96. The van der Waals surface area contributed by atoms with E-state index in [2.05, 4.69) is 0 Å². The Morgan fingerprint density at radius 2 is 2.11 bits per heavy atom. The zero-order valence-electron chi connectivity index (χ0n) is 10.8. The molecule has 0 unspecified atom stereocenters. The van der Waals surface area contributed by atoms with Gasteiger partial charge in [0.05, 0.1) is 25.4 Å². The lowest BCUT2D eigenvalue weighted by molar-refractivity contribution is -0.127. The summed E-state index contributed by atoms with van der Waals surface area (Å²) in [6, 6.07) is 7.33. The van der Waals surface area contributed by atoms with Gasteiger partial charge in [0.25, 0.3) is 0 Å². The maximum absolute atomic E-state index is 12.0. The van der Waals surface area contributed by atoms with Crippen LogP contribution in [0.2, 0.25) is 0 Å². The predicted octanol–water partition coefficient (Wildman–Crippen LogP) is 2.03. The fraction of sp³-hybridized carbons (Fsp3) is 0.500. The summed E-state index contributed by atoms with van der Waals surface area (Å²) in [5, 5.41) is 0. The van der Waals surface area contributed by atoms with Crippen LogP contribution in [-0.2, 0) is 20.8 Å². The van der Waals surface area contributed by atoms with Crippen LogP contribution in [0, 0.1) is 5.41 Å². The predicted molar refractivity (Wildman–Crippen MR) is 66.4 cm³/mol. The first-order chi connectivity index (χ1) is 8.64. The molecule has 0 bridgehead atoms. The van der Waals surface area contributed by atoms with Crippen LogP contribution in [-0.4, -0.2) is 32.9 Å². The summed E-state index contributed by atoms with van der Waals surface area (Å²) in [7, 11) is 1.61. The molecule has 0 aromatic heterocycles. The molecule has 1 saturated heterocycles. The van der Waals surface area contributed by atoms with Crippen molar-refractivity contribution in [3.63, 3.8) is 0 Å². The van der Waals surface area contributed by atoms with Crippen LogP contribution in [0.3, 0.4) is 0 Å². The second kappa shape index (κ2) is 5.50. The molecule has 1 aliphatic rings. The minimum atomic E-state index is -0.296. The van der Waals surface area contributed by atoms with Crippen molar-refractivity contribution >= 4 is 5.97 Å². The number of carbonyl (C=O) groups is 1. The first kappa shape index (κ1) is 13.1. The Labute approximate surface area is 107 Å². The molecule has 0 saturated carbocycles. The molecular formula is C14H18O4. The fourth-order valence-corrected chi connectivity index (χ4v) is 1.85. The van der Waals surface area contributed by atoms with E-state index in [0.29, 0.717) is 32.0 Å². The molecule has 1 aliphatic heterocycles. The molecule has 4 heteroatoms. The molecule has 0 amide bonds. The number of methoxy groups -OCH3 is 1. The summed E-state index contributed by atoms with van der Waals surface area (Å²) in [5.74, 6) is -0.296. The SMILES string of the molecule is COCc1ccccc1C(=O)OCC1(C)COC1. The Hall–Kier alpha value is -1.39. The highest BCUT2D eigenvalue weighted by molar-refractivity contribution is 5.91. The van der Waals surface area contributed by atoms with Gasteiger partial charge in [-0.15, -0.1) is 0 Å². The van der Waals surface area contributed by atoms with E-state index in [-0.39, 0.29) is 11.4 Å². The number of carbonyl (C=O) groups excluding carboxylic acids is 1. The average molecular weight is 250 g/mol. The number of rotatable bonds is 5. The third-order valence-corrected chi connectivity index (χ3v) is 2.99. The molecule has 0 aliphatic carbocycles. The van der Waals surface area contributed by atoms with Crippen LogP contribution in [0.5, 0.6) is 0 Å². The number of benzene rings is 1. The van der Waals surface area contributed by atoms with E-state index in [1.165, 1.54) is 0 Å². The summed E-state index contributed by atoms with van der Waals surface area (Å²) in [6.45, 7) is 4.16. The van der Waals surface area contributed by atoms with Crippen LogP contribution in [0.4, 0.5) is 0 Å². The molecule has 0 radical (unpaired) electrons. The minimum Gasteiger partial charge on any atom is -0.461 e. The molecule has 0 N–H and O–H groups in total. The van der Waals surface area contributed by atoms with Crippen molar-refractivity contribution < 1.29 is 19.0 Å². The van der Waals surface area contributed by atoms with Gasteiger partial charge in [0.2, 0.25) is 0 Å². The zero-order chi connectivity index (χ0) is 13.0. The standard InChI is InChI=1S/C14H18O4/c1-14(8-17-9-14)10-18-13(15)12-6-4-3-5-11(12)7-16-2/h3-6H,7-10H2,1-2H3. The zero-order valence-corrected chi connectivity index (χ0v) is 10.8.